The standard InChI is InChI=1S/C16H21NS/c1-9-6-7-18-16(9)15(17)14-12(4)10(2)8-11(3)13(14)5/h6-8,15H,17H2,1-5H3. The minimum absolute atomic E-state index is 0.00333. The summed E-state index contributed by atoms with van der Waals surface area (Å²) in [5, 5.41) is 2.12. The zero-order chi connectivity index (χ0) is 13.4. The number of thiophene rings is 1. The smallest absolute Gasteiger partial charge is 0.0654 e. The van der Waals surface area contributed by atoms with E-state index in [-0.39, 0.29) is 6.04 Å². The Balaban J connectivity index is 2.61. The van der Waals surface area contributed by atoms with E-state index in [4.69, 9.17) is 5.73 Å². The monoisotopic (exact) mass is 259 g/mol. The van der Waals surface area contributed by atoms with Gasteiger partial charge >= 0.3 is 0 Å². The largest absolute Gasteiger partial charge is 0.320 e. The Morgan fingerprint density at radius 3 is 1.94 bits per heavy atom. The summed E-state index contributed by atoms with van der Waals surface area (Å²) < 4.78 is 0. The van der Waals surface area contributed by atoms with E-state index in [9.17, 15) is 0 Å². The quantitative estimate of drug-likeness (QED) is 0.853. The van der Waals surface area contributed by atoms with Crippen LogP contribution < -0.4 is 5.73 Å². The molecular weight excluding hydrogens is 238 g/mol. The van der Waals surface area contributed by atoms with Crippen LogP contribution in [0, 0.1) is 34.6 Å². The van der Waals surface area contributed by atoms with E-state index < -0.39 is 0 Å². The van der Waals surface area contributed by atoms with Gasteiger partial charge in [-0.3, -0.25) is 0 Å². The van der Waals surface area contributed by atoms with Crippen LogP contribution in [0.1, 0.15) is 44.3 Å². The molecule has 0 aliphatic carbocycles. The molecule has 0 saturated carbocycles. The molecule has 0 aliphatic rings. The molecule has 2 rings (SSSR count). The lowest BCUT2D eigenvalue weighted by Crippen LogP contribution is -2.16. The fourth-order valence-electron chi connectivity index (χ4n) is 2.55. The fraction of sp³-hybridized carbons (Fsp3) is 0.375. The lowest BCUT2D eigenvalue weighted by Gasteiger charge is -2.21. The minimum Gasteiger partial charge on any atom is -0.320 e. The summed E-state index contributed by atoms with van der Waals surface area (Å²) in [5.41, 5.74) is 14.4. The summed E-state index contributed by atoms with van der Waals surface area (Å²) in [6, 6.07) is 4.40. The lowest BCUT2D eigenvalue weighted by atomic mass is 9.89. The maximum Gasteiger partial charge on any atom is 0.0654 e. The number of aryl methyl sites for hydroxylation is 3. The summed E-state index contributed by atoms with van der Waals surface area (Å²) >= 11 is 1.76. The Morgan fingerprint density at radius 1 is 0.944 bits per heavy atom. The highest BCUT2D eigenvalue weighted by molar-refractivity contribution is 7.10. The van der Waals surface area contributed by atoms with E-state index in [0.29, 0.717) is 0 Å². The van der Waals surface area contributed by atoms with Crippen LogP contribution in [0.4, 0.5) is 0 Å². The van der Waals surface area contributed by atoms with Crippen LogP contribution in [0.15, 0.2) is 17.5 Å². The molecule has 2 aromatic rings. The Morgan fingerprint density at radius 2 is 1.50 bits per heavy atom. The van der Waals surface area contributed by atoms with Gasteiger partial charge in [0.05, 0.1) is 6.04 Å². The predicted molar refractivity (Wildman–Crippen MR) is 80.5 cm³/mol. The molecule has 0 saturated heterocycles. The average molecular weight is 259 g/mol. The summed E-state index contributed by atoms with van der Waals surface area (Å²) in [7, 11) is 0. The van der Waals surface area contributed by atoms with Gasteiger partial charge in [-0.1, -0.05) is 6.07 Å². The molecule has 1 heterocycles. The van der Waals surface area contributed by atoms with Crippen molar-refractivity contribution in [2.45, 2.75) is 40.7 Å². The maximum atomic E-state index is 6.51. The van der Waals surface area contributed by atoms with Gasteiger partial charge in [-0.15, -0.1) is 11.3 Å². The van der Waals surface area contributed by atoms with Gasteiger partial charge in [-0.05, 0) is 79.4 Å². The van der Waals surface area contributed by atoms with Gasteiger partial charge in [-0.25, -0.2) is 0 Å². The topological polar surface area (TPSA) is 26.0 Å². The van der Waals surface area contributed by atoms with Crippen molar-refractivity contribution < 1.29 is 0 Å². The number of benzene rings is 1. The molecule has 0 bridgehead atoms. The predicted octanol–water partition coefficient (Wildman–Crippen LogP) is 4.34. The van der Waals surface area contributed by atoms with Crippen molar-refractivity contribution in [1.82, 2.24) is 0 Å². The van der Waals surface area contributed by atoms with Crippen molar-refractivity contribution in [3.05, 3.63) is 55.8 Å². The van der Waals surface area contributed by atoms with E-state index in [1.54, 1.807) is 11.3 Å². The molecule has 1 aromatic heterocycles. The van der Waals surface area contributed by atoms with Crippen LogP contribution in [0.3, 0.4) is 0 Å². The summed E-state index contributed by atoms with van der Waals surface area (Å²) in [6.45, 7) is 10.8. The summed E-state index contributed by atoms with van der Waals surface area (Å²) in [4.78, 5) is 1.28. The molecule has 0 spiro atoms. The first-order chi connectivity index (χ1) is 8.43. The molecular formula is C16H21NS. The Bertz CT molecular complexity index is 555. The summed E-state index contributed by atoms with van der Waals surface area (Å²) in [5.74, 6) is 0. The van der Waals surface area contributed by atoms with Crippen molar-refractivity contribution in [1.29, 1.82) is 0 Å². The second-order valence-corrected chi connectivity index (χ2v) is 6.07. The van der Waals surface area contributed by atoms with Gasteiger partial charge in [0.1, 0.15) is 0 Å². The molecule has 96 valence electrons. The van der Waals surface area contributed by atoms with Crippen LogP contribution >= 0.6 is 11.3 Å². The summed E-state index contributed by atoms with van der Waals surface area (Å²) in [6.07, 6.45) is 0. The first-order valence-electron chi connectivity index (χ1n) is 6.30. The molecule has 0 radical (unpaired) electrons. The van der Waals surface area contributed by atoms with Gasteiger partial charge in [-0.2, -0.15) is 0 Å². The third-order valence-corrected chi connectivity index (χ3v) is 5.02. The fourth-order valence-corrected chi connectivity index (χ4v) is 3.49. The van der Waals surface area contributed by atoms with Gasteiger partial charge < -0.3 is 5.73 Å². The van der Waals surface area contributed by atoms with Crippen molar-refractivity contribution in [2.75, 3.05) is 0 Å². The third kappa shape index (κ3) is 2.11. The number of rotatable bonds is 2. The third-order valence-electron chi connectivity index (χ3n) is 3.92. The number of hydrogen-bond acceptors (Lipinski definition) is 2. The maximum absolute atomic E-state index is 6.51. The SMILES string of the molecule is Cc1ccsc1C(N)c1c(C)c(C)cc(C)c1C. The van der Waals surface area contributed by atoms with E-state index in [1.165, 1.54) is 38.3 Å². The van der Waals surface area contributed by atoms with Crippen molar-refractivity contribution in [3.63, 3.8) is 0 Å². The molecule has 1 unspecified atom stereocenters. The van der Waals surface area contributed by atoms with E-state index in [0.717, 1.165) is 0 Å². The Hall–Kier alpha value is -1.12. The molecule has 2 N–H and O–H groups in total. The van der Waals surface area contributed by atoms with Crippen LogP contribution in [0.5, 0.6) is 0 Å². The molecule has 0 fully saturated rings. The molecule has 1 nitrogen and oxygen atoms in total. The zero-order valence-electron chi connectivity index (χ0n) is 11.8. The van der Waals surface area contributed by atoms with Gasteiger partial charge in [0.25, 0.3) is 0 Å². The Kier molecular flexibility index (Phi) is 3.60. The number of hydrogen-bond donors (Lipinski definition) is 1. The van der Waals surface area contributed by atoms with Gasteiger partial charge in [0, 0.05) is 4.88 Å². The Labute approximate surface area is 114 Å². The van der Waals surface area contributed by atoms with Crippen molar-refractivity contribution in [2.24, 2.45) is 5.73 Å². The molecule has 0 aliphatic heterocycles. The first kappa shape index (κ1) is 13.3. The van der Waals surface area contributed by atoms with E-state index >= 15 is 0 Å². The van der Waals surface area contributed by atoms with Crippen molar-refractivity contribution in [3.8, 4) is 0 Å². The van der Waals surface area contributed by atoms with Crippen molar-refractivity contribution >= 4 is 11.3 Å². The van der Waals surface area contributed by atoms with Gasteiger partial charge in [0.15, 0.2) is 0 Å². The molecule has 1 aromatic carbocycles. The second-order valence-electron chi connectivity index (χ2n) is 5.12. The first-order valence-corrected chi connectivity index (χ1v) is 7.18. The van der Waals surface area contributed by atoms with Crippen LogP contribution in [-0.2, 0) is 0 Å². The number of nitrogens with two attached hydrogens (primary N) is 1. The molecule has 0 amide bonds. The highest BCUT2D eigenvalue weighted by Gasteiger charge is 2.19. The zero-order valence-corrected chi connectivity index (χ0v) is 12.6. The minimum atomic E-state index is 0.00333. The van der Waals surface area contributed by atoms with Crippen LogP contribution in [-0.4, -0.2) is 0 Å². The van der Waals surface area contributed by atoms with E-state index in [2.05, 4.69) is 52.1 Å². The highest BCUT2D eigenvalue weighted by Crippen LogP contribution is 2.33. The van der Waals surface area contributed by atoms with E-state index in [1.807, 2.05) is 0 Å². The normalized spacial score (nSPS) is 12.8. The van der Waals surface area contributed by atoms with Gasteiger partial charge in [0.2, 0.25) is 0 Å². The second kappa shape index (κ2) is 4.87. The lowest BCUT2D eigenvalue weighted by molar-refractivity contribution is 0.857. The van der Waals surface area contributed by atoms with Crippen LogP contribution in [0.25, 0.3) is 0 Å². The average Bonchev–Trinajstić information content (AvgIpc) is 2.73. The molecule has 2 heteroatoms. The highest BCUT2D eigenvalue weighted by atomic mass is 32.1. The molecule has 1 atom stereocenters. The molecule has 18 heavy (non-hydrogen) atoms. The van der Waals surface area contributed by atoms with Crippen LogP contribution in [0.2, 0.25) is 0 Å².